The second-order valence-electron chi connectivity index (χ2n) is 4.66. The molecule has 1 aromatic rings. The smallest absolute Gasteiger partial charge is 0.239 e. The van der Waals surface area contributed by atoms with Crippen molar-refractivity contribution >= 4 is 17.5 Å². The number of benzene rings is 1. The van der Waals surface area contributed by atoms with E-state index >= 15 is 0 Å². The van der Waals surface area contributed by atoms with Gasteiger partial charge in [0, 0.05) is 19.6 Å². The quantitative estimate of drug-likeness (QED) is 0.915. The van der Waals surface area contributed by atoms with Gasteiger partial charge >= 0.3 is 0 Å². The normalized spacial score (nSPS) is 21.4. The summed E-state index contributed by atoms with van der Waals surface area (Å²) in [6, 6.07) is 4.45. The number of hydrogen-bond acceptors (Lipinski definition) is 2. The third-order valence-corrected chi connectivity index (χ3v) is 3.63. The number of rotatable bonds is 3. The van der Waals surface area contributed by atoms with Gasteiger partial charge in [-0.1, -0.05) is 17.7 Å². The molecule has 1 heterocycles. The Morgan fingerprint density at radius 1 is 1.56 bits per heavy atom. The van der Waals surface area contributed by atoms with Gasteiger partial charge in [-0.05, 0) is 31.0 Å². The molecule has 2 unspecified atom stereocenters. The number of hydrogen-bond donors (Lipinski definition) is 1. The molecule has 0 radical (unpaired) electrons. The Balaban J connectivity index is 2.05. The molecule has 1 aliphatic rings. The fourth-order valence-electron chi connectivity index (χ4n) is 2.16. The van der Waals surface area contributed by atoms with Crippen molar-refractivity contribution in [1.82, 2.24) is 10.2 Å². The van der Waals surface area contributed by atoms with Gasteiger partial charge in [0.2, 0.25) is 5.91 Å². The summed E-state index contributed by atoms with van der Waals surface area (Å²) in [5.74, 6) is -0.339. The summed E-state index contributed by atoms with van der Waals surface area (Å²) >= 11 is 5.64. The Labute approximate surface area is 111 Å². The highest BCUT2D eigenvalue weighted by Crippen LogP contribution is 2.21. The molecule has 3 nitrogen and oxygen atoms in total. The predicted octanol–water partition coefficient (Wildman–Crippen LogP) is 2.36. The minimum atomic E-state index is -0.433. The van der Waals surface area contributed by atoms with Crippen molar-refractivity contribution in [1.29, 1.82) is 0 Å². The van der Waals surface area contributed by atoms with Crippen LogP contribution in [0.3, 0.4) is 0 Å². The van der Waals surface area contributed by atoms with E-state index in [2.05, 4.69) is 5.32 Å². The zero-order chi connectivity index (χ0) is 13.3. The second kappa shape index (κ2) is 5.24. The molecule has 0 bridgehead atoms. The monoisotopic (exact) mass is 270 g/mol. The van der Waals surface area contributed by atoms with Crippen molar-refractivity contribution in [3.8, 4) is 0 Å². The topological polar surface area (TPSA) is 32.3 Å². The lowest BCUT2D eigenvalue weighted by atomic mass is 10.1. The summed E-state index contributed by atoms with van der Waals surface area (Å²) in [5.41, 5.74) is 0.791. The van der Waals surface area contributed by atoms with E-state index in [1.54, 1.807) is 18.0 Å². The lowest BCUT2D eigenvalue weighted by Crippen LogP contribution is -2.38. The van der Waals surface area contributed by atoms with E-state index in [4.69, 9.17) is 11.6 Å². The first-order valence-electron chi connectivity index (χ1n) is 5.95. The number of likely N-dealkylation sites (N-methyl/N-ethyl adjacent to an activating group) is 1. The van der Waals surface area contributed by atoms with Crippen LogP contribution in [0.4, 0.5) is 4.39 Å². The van der Waals surface area contributed by atoms with Crippen molar-refractivity contribution in [2.24, 2.45) is 0 Å². The first-order valence-corrected chi connectivity index (χ1v) is 6.33. The SMILES string of the molecule is CC(NC1CCN(C)C1=O)c1ccc(Cl)c(F)c1. The van der Waals surface area contributed by atoms with Gasteiger partial charge in [-0.3, -0.25) is 10.1 Å². The van der Waals surface area contributed by atoms with E-state index in [9.17, 15) is 9.18 Å². The standard InChI is InChI=1S/C13H16ClFN2O/c1-8(9-3-4-10(14)11(15)7-9)16-12-5-6-17(2)13(12)18/h3-4,7-8,12,16H,5-6H2,1-2H3. The van der Waals surface area contributed by atoms with Gasteiger partial charge in [-0.25, -0.2) is 4.39 Å². The highest BCUT2D eigenvalue weighted by Gasteiger charge is 2.29. The molecule has 18 heavy (non-hydrogen) atoms. The number of likely N-dealkylation sites (tertiary alicyclic amines) is 1. The molecular formula is C13H16ClFN2O. The zero-order valence-corrected chi connectivity index (χ0v) is 11.2. The Hall–Kier alpha value is -1.13. The van der Waals surface area contributed by atoms with Crippen molar-refractivity contribution in [2.45, 2.75) is 25.4 Å². The summed E-state index contributed by atoms with van der Waals surface area (Å²) in [5, 5.41) is 3.33. The largest absolute Gasteiger partial charge is 0.344 e. The van der Waals surface area contributed by atoms with Crippen LogP contribution in [0.2, 0.25) is 5.02 Å². The first kappa shape index (κ1) is 13.3. The van der Waals surface area contributed by atoms with E-state index in [-0.39, 0.29) is 23.0 Å². The maximum absolute atomic E-state index is 13.4. The molecule has 5 heteroatoms. The molecule has 0 spiro atoms. The molecule has 0 saturated carbocycles. The molecular weight excluding hydrogens is 255 g/mol. The highest BCUT2D eigenvalue weighted by molar-refractivity contribution is 6.30. The van der Waals surface area contributed by atoms with E-state index in [0.29, 0.717) is 0 Å². The van der Waals surface area contributed by atoms with Crippen molar-refractivity contribution in [3.63, 3.8) is 0 Å². The van der Waals surface area contributed by atoms with E-state index in [0.717, 1.165) is 18.5 Å². The molecule has 0 aliphatic carbocycles. The predicted molar refractivity (Wildman–Crippen MR) is 69.0 cm³/mol. The zero-order valence-electron chi connectivity index (χ0n) is 10.4. The Bertz CT molecular complexity index is 466. The number of amides is 1. The van der Waals surface area contributed by atoms with Crippen LogP contribution < -0.4 is 5.32 Å². The number of halogens is 2. The van der Waals surface area contributed by atoms with Gasteiger partial charge in [0.1, 0.15) is 5.82 Å². The third-order valence-electron chi connectivity index (χ3n) is 3.32. The molecule has 1 N–H and O–H groups in total. The van der Waals surface area contributed by atoms with Gasteiger partial charge in [0.05, 0.1) is 11.1 Å². The van der Waals surface area contributed by atoms with Crippen LogP contribution in [0.5, 0.6) is 0 Å². The van der Waals surface area contributed by atoms with Crippen LogP contribution in [-0.4, -0.2) is 30.4 Å². The lowest BCUT2D eigenvalue weighted by Gasteiger charge is -2.19. The number of carbonyl (C=O) groups is 1. The number of nitrogens with one attached hydrogen (secondary N) is 1. The minimum Gasteiger partial charge on any atom is -0.344 e. The fourth-order valence-corrected chi connectivity index (χ4v) is 2.27. The third kappa shape index (κ3) is 2.65. The van der Waals surface area contributed by atoms with Crippen molar-refractivity contribution in [2.75, 3.05) is 13.6 Å². The van der Waals surface area contributed by atoms with Gasteiger partial charge in [0.25, 0.3) is 0 Å². The molecule has 2 atom stereocenters. The van der Waals surface area contributed by atoms with Crippen LogP contribution >= 0.6 is 11.6 Å². The van der Waals surface area contributed by atoms with Crippen molar-refractivity contribution < 1.29 is 9.18 Å². The van der Waals surface area contributed by atoms with Crippen LogP contribution in [0.25, 0.3) is 0 Å². The first-order chi connectivity index (χ1) is 8.49. The van der Waals surface area contributed by atoms with Crippen LogP contribution in [0.1, 0.15) is 24.9 Å². The molecule has 1 amide bonds. The second-order valence-corrected chi connectivity index (χ2v) is 5.07. The summed E-state index contributed by atoms with van der Waals surface area (Å²) in [4.78, 5) is 13.5. The van der Waals surface area contributed by atoms with Crippen LogP contribution in [0.15, 0.2) is 18.2 Å². The highest BCUT2D eigenvalue weighted by atomic mass is 35.5. The summed E-state index contributed by atoms with van der Waals surface area (Å²) in [6.45, 7) is 2.67. The summed E-state index contributed by atoms with van der Waals surface area (Å²) in [7, 11) is 1.79. The van der Waals surface area contributed by atoms with E-state index in [1.807, 2.05) is 6.92 Å². The van der Waals surface area contributed by atoms with Crippen LogP contribution in [-0.2, 0) is 4.79 Å². The van der Waals surface area contributed by atoms with Gasteiger partial charge in [0.15, 0.2) is 0 Å². The molecule has 1 fully saturated rings. The average molecular weight is 271 g/mol. The van der Waals surface area contributed by atoms with E-state index < -0.39 is 5.82 Å². The average Bonchev–Trinajstić information content (AvgIpc) is 2.64. The van der Waals surface area contributed by atoms with Gasteiger partial charge in [-0.15, -0.1) is 0 Å². The fraction of sp³-hybridized carbons (Fsp3) is 0.462. The molecule has 2 rings (SSSR count). The minimum absolute atomic E-state index is 0.0859. The van der Waals surface area contributed by atoms with Crippen molar-refractivity contribution in [3.05, 3.63) is 34.6 Å². The maximum atomic E-state index is 13.4. The molecule has 1 aromatic carbocycles. The number of nitrogens with zero attached hydrogens (tertiary/aromatic N) is 1. The number of carbonyl (C=O) groups excluding carboxylic acids is 1. The van der Waals surface area contributed by atoms with Gasteiger partial charge < -0.3 is 4.90 Å². The molecule has 98 valence electrons. The van der Waals surface area contributed by atoms with E-state index in [1.165, 1.54) is 12.1 Å². The Morgan fingerprint density at radius 3 is 2.83 bits per heavy atom. The molecule has 0 aromatic heterocycles. The Kier molecular flexibility index (Phi) is 3.88. The van der Waals surface area contributed by atoms with Gasteiger partial charge in [-0.2, -0.15) is 0 Å². The molecule has 1 aliphatic heterocycles. The van der Waals surface area contributed by atoms with Crippen LogP contribution in [0, 0.1) is 5.82 Å². The summed E-state index contributed by atoms with van der Waals surface area (Å²) in [6.07, 6.45) is 0.787. The summed E-state index contributed by atoms with van der Waals surface area (Å²) < 4.78 is 13.4. The molecule has 1 saturated heterocycles. The lowest BCUT2D eigenvalue weighted by molar-refractivity contribution is -0.128. The Morgan fingerprint density at radius 2 is 2.28 bits per heavy atom. The maximum Gasteiger partial charge on any atom is 0.239 e.